The zero-order valence-corrected chi connectivity index (χ0v) is 22.2. The van der Waals surface area contributed by atoms with E-state index in [1.165, 1.54) is 16.8 Å². The molecule has 1 aromatic carbocycles. The second kappa shape index (κ2) is 11.9. The smallest absolute Gasteiger partial charge is 0.387 e. The Morgan fingerprint density at radius 2 is 2.15 bits per heavy atom. The maximum Gasteiger partial charge on any atom is 0.387 e. The molecule has 0 aliphatic carbocycles. The van der Waals surface area contributed by atoms with Crippen LogP contribution >= 0.6 is 11.8 Å². The van der Waals surface area contributed by atoms with Crippen LogP contribution in [0.1, 0.15) is 16.8 Å². The highest BCUT2D eigenvalue weighted by atomic mass is 32.2. The van der Waals surface area contributed by atoms with Gasteiger partial charge in [-0.25, -0.2) is 9.50 Å². The van der Waals surface area contributed by atoms with Gasteiger partial charge in [-0.15, -0.1) is 11.8 Å². The molecule has 40 heavy (non-hydrogen) atoms. The van der Waals surface area contributed by atoms with E-state index < -0.39 is 12.5 Å². The molecule has 0 bridgehead atoms. The molecule has 11 nitrogen and oxygen atoms in total. The molecule has 14 heteroatoms. The Labute approximate surface area is 232 Å². The summed E-state index contributed by atoms with van der Waals surface area (Å²) in [5.74, 6) is -0.493. The first-order valence-electron chi connectivity index (χ1n) is 12.9. The number of rotatable bonds is 11. The van der Waals surface area contributed by atoms with E-state index in [0.29, 0.717) is 55.5 Å². The number of thioether (sulfide) groups is 1. The van der Waals surface area contributed by atoms with E-state index in [0.717, 1.165) is 17.9 Å². The number of hydrogen-bond donors (Lipinski definition) is 2. The molecule has 0 unspecified atom stereocenters. The van der Waals surface area contributed by atoms with Crippen molar-refractivity contribution in [1.29, 1.82) is 0 Å². The SMILES string of the molecule is O=C(Nc1cn(CCN[C@@H]2CCOC2)nc1-c1cc(SC2COC2)ccc1OC(F)F)c1cnn2cccnc12. The molecule has 5 heterocycles. The number of nitrogens with one attached hydrogen (secondary N) is 2. The first-order valence-corrected chi connectivity index (χ1v) is 13.7. The first kappa shape index (κ1) is 26.6. The number of anilines is 1. The van der Waals surface area contributed by atoms with Crippen LogP contribution in [-0.4, -0.2) is 81.2 Å². The standard InChI is InChI=1S/C26H27F2N7O4S/c27-26(28)39-22-3-2-17(40-18-14-38-15-18)10-19(22)23-21(12-34(33-23)8-6-29-16-4-9-37-13-16)32-25(36)20-11-31-35-7-1-5-30-24(20)35/h1-3,5,7,10-12,16,18,26,29H,4,6,8-9,13-15H2,(H,32,36)/t16-/m1/s1. The van der Waals surface area contributed by atoms with Gasteiger partial charge in [0.15, 0.2) is 5.65 Å². The molecule has 2 N–H and O–H groups in total. The summed E-state index contributed by atoms with van der Waals surface area (Å²) in [4.78, 5) is 18.5. The second-order valence-electron chi connectivity index (χ2n) is 9.38. The molecule has 210 valence electrons. The van der Waals surface area contributed by atoms with Gasteiger partial charge in [0.1, 0.15) is 17.0 Å². The quantitative estimate of drug-likeness (QED) is 0.280. The molecule has 0 saturated carbocycles. The van der Waals surface area contributed by atoms with E-state index in [1.54, 1.807) is 53.2 Å². The topological polar surface area (TPSA) is 117 Å². The van der Waals surface area contributed by atoms with Crippen LogP contribution in [0, 0.1) is 0 Å². The fourth-order valence-corrected chi connectivity index (χ4v) is 5.57. The highest BCUT2D eigenvalue weighted by Crippen LogP contribution is 2.39. The molecule has 2 saturated heterocycles. The van der Waals surface area contributed by atoms with Crippen molar-refractivity contribution in [2.45, 2.75) is 35.8 Å². The summed E-state index contributed by atoms with van der Waals surface area (Å²) in [5.41, 5.74) is 1.65. The number of halogens is 2. The third kappa shape index (κ3) is 5.94. The number of aromatic nitrogens is 5. The van der Waals surface area contributed by atoms with Gasteiger partial charge < -0.3 is 24.8 Å². The normalized spacial score (nSPS) is 17.4. The van der Waals surface area contributed by atoms with Crippen molar-refractivity contribution in [1.82, 2.24) is 29.7 Å². The summed E-state index contributed by atoms with van der Waals surface area (Å²) >= 11 is 1.59. The highest BCUT2D eigenvalue weighted by Gasteiger charge is 2.24. The molecule has 3 aromatic heterocycles. The zero-order chi connectivity index (χ0) is 27.5. The van der Waals surface area contributed by atoms with Gasteiger partial charge in [-0.1, -0.05) is 0 Å². The number of carbonyl (C=O) groups is 1. The maximum absolute atomic E-state index is 13.4. The fourth-order valence-electron chi connectivity index (χ4n) is 4.52. The van der Waals surface area contributed by atoms with Crippen molar-refractivity contribution in [2.75, 3.05) is 38.3 Å². The summed E-state index contributed by atoms with van der Waals surface area (Å²) < 4.78 is 45.5. The summed E-state index contributed by atoms with van der Waals surface area (Å²) in [6.45, 7) is 0.696. The molecule has 2 aliphatic heterocycles. The number of benzene rings is 1. The molecule has 2 aliphatic rings. The van der Waals surface area contributed by atoms with E-state index in [4.69, 9.17) is 19.3 Å². The lowest BCUT2D eigenvalue weighted by Gasteiger charge is -2.25. The van der Waals surface area contributed by atoms with Crippen molar-refractivity contribution in [2.24, 2.45) is 0 Å². The number of ether oxygens (including phenoxy) is 3. The average molecular weight is 572 g/mol. The van der Waals surface area contributed by atoms with E-state index in [1.807, 2.05) is 0 Å². The van der Waals surface area contributed by atoms with Gasteiger partial charge in [-0.05, 0) is 30.7 Å². The lowest BCUT2D eigenvalue weighted by atomic mass is 10.1. The molecular weight excluding hydrogens is 544 g/mol. The monoisotopic (exact) mass is 571 g/mol. The van der Waals surface area contributed by atoms with Gasteiger partial charge in [0.2, 0.25) is 0 Å². The number of fused-ring (bicyclic) bond motifs is 1. The fraction of sp³-hybridized carbons (Fsp3) is 0.385. The van der Waals surface area contributed by atoms with E-state index in [-0.39, 0.29) is 22.6 Å². The van der Waals surface area contributed by atoms with Gasteiger partial charge >= 0.3 is 6.61 Å². The van der Waals surface area contributed by atoms with Crippen LogP contribution in [-0.2, 0) is 16.0 Å². The van der Waals surface area contributed by atoms with Crippen molar-refractivity contribution in [3.8, 4) is 17.0 Å². The second-order valence-corrected chi connectivity index (χ2v) is 10.8. The predicted molar refractivity (Wildman–Crippen MR) is 143 cm³/mol. The minimum atomic E-state index is -3.03. The van der Waals surface area contributed by atoms with Gasteiger partial charge in [-0.3, -0.25) is 9.48 Å². The Kier molecular flexibility index (Phi) is 7.91. The lowest BCUT2D eigenvalue weighted by Crippen LogP contribution is -2.32. The van der Waals surface area contributed by atoms with E-state index >= 15 is 0 Å². The Balaban J connectivity index is 1.33. The Hall–Kier alpha value is -3.59. The van der Waals surface area contributed by atoms with Crippen LogP contribution in [0.5, 0.6) is 5.75 Å². The van der Waals surface area contributed by atoms with Crippen LogP contribution in [0.2, 0.25) is 0 Å². The Morgan fingerprint density at radius 3 is 2.92 bits per heavy atom. The van der Waals surface area contributed by atoms with E-state index in [9.17, 15) is 13.6 Å². The van der Waals surface area contributed by atoms with Crippen molar-refractivity contribution < 1.29 is 27.8 Å². The molecule has 4 aromatic rings. The summed E-state index contributed by atoms with van der Waals surface area (Å²) in [5, 5.41) is 15.5. The lowest BCUT2D eigenvalue weighted by molar-refractivity contribution is -0.0494. The first-order chi connectivity index (χ1) is 19.5. The average Bonchev–Trinajstić information content (AvgIpc) is 3.67. The number of amides is 1. The molecule has 0 radical (unpaired) electrons. The minimum Gasteiger partial charge on any atom is -0.434 e. The number of nitrogens with zero attached hydrogens (tertiary/aromatic N) is 5. The van der Waals surface area contributed by atoms with Gasteiger partial charge in [0, 0.05) is 48.2 Å². The van der Waals surface area contributed by atoms with Crippen LogP contribution in [0.3, 0.4) is 0 Å². The number of hydrogen-bond acceptors (Lipinski definition) is 9. The van der Waals surface area contributed by atoms with Gasteiger partial charge in [-0.2, -0.15) is 19.0 Å². The molecule has 6 rings (SSSR count). The number of alkyl halides is 2. The highest BCUT2D eigenvalue weighted by molar-refractivity contribution is 8.00. The number of carbonyl (C=O) groups excluding carboxylic acids is 1. The predicted octanol–water partition coefficient (Wildman–Crippen LogP) is 3.32. The largest absolute Gasteiger partial charge is 0.434 e. The molecule has 0 spiro atoms. The summed E-state index contributed by atoms with van der Waals surface area (Å²) in [7, 11) is 0. The van der Waals surface area contributed by atoms with Gasteiger partial charge in [0.05, 0.1) is 43.5 Å². The third-order valence-corrected chi connectivity index (χ3v) is 7.70. The summed E-state index contributed by atoms with van der Waals surface area (Å²) in [6, 6.07) is 6.98. The Morgan fingerprint density at radius 1 is 1.25 bits per heavy atom. The Bertz CT molecular complexity index is 1490. The van der Waals surface area contributed by atoms with Crippen LogP contribution in [0.4, 0.5) is 14.5 Å². The van der Waals surface area contributed by atoms with Gasteiger partial charge in [0.25, 0.3) is 5.91 Å². The van der Waals surface area contributed by atoms with E-state index in [2.05, 4.69) is 20.7 Å². The molecular formula is C26H27F2N7O4S. The van der Waals surface area contributed by atoms with Crippen LogP contribution in [0.25, 0.3) is 16.9 Å². The van der Waals surface area contributed by atoms with Crippen molar-refractivity contribution >= 4 is 29.0 Å². The summed E-state index contributed by atoms with van der Waals surface area (Å²) in [6.07, 6.45) is 7.31. The van der Waals surface area contributed by atoms with Crippen LogP contribution in [0.15, 0.2) is 53.9 Å². The third-order valence-electron chi connectivity index (χ3n) is 6.57. The van der Waals surface area contributed by atoms with Crippen molar-refractivity contribution in [3.63, 3.8) is 0 Å². The molecule has 1 amide bonds. The maximum atomic E-state index is 13.4. The molecule has 1 atom stereocenters. The van der Waals surface area contributed by atoms with Crippen LogP contribution < -0.4 is 15.4 Å². The zero-order valence-electron chi connectivity index (χ0n) is 21.3. The molecule has 2 fully saturated rings. The minimum absolute atomic E-state index is 0.0381. The van der Waals surface area contributed by atoms with Crippen molar-refractivity contribution in [3.05, 3.63) is 54.6 Å².